The maximum absolute atomic E-state index is 12.4. The van der Waals surface area contributed by atoms with Crippen LogP contribution in [0, 0.1) is 0 Å². The molecule has 0 unspecified atom stereocenters. The molecule has 10 heteroatoms. The van der Waals surface area contributed by atoms with Crippen molar-refractivity contribution in [3.05, 3.63) is 54.0 Å². The maximum Gasteiger partial charge on any atom is 0.246 e. The van der Waals surface area contributed by atoms with Crippen LogP contribution in [0.5, 0.6) is 5.75 Å². The first kappa shape index (κ1) is 22.2. The van der Waals surface area contributed by atoms with Crippen LogP contribution in [0.2, 0.25) is 0 Å². The topological polar surface area (TPSA) is 118 Å². The van der Waals surface area contributed by atoms with Crippen LogP contribution in [-0.4, -0.2) is 52.3 Å². The Morgan fingerprint density at radius 3 is 2.59 bits per heavy atom. The third-order valence-electron chi connectivity index (χ3n) is 3.84. The first-order valence-electron chi connectivity index (χ1n) is 8.59. The Balaban J connectivity index is 1.96. The van der Waals surface area contributed by atoms with Crippen LogP contribution in [0.15, 0.2) is 52.0 Å². The fourth-order valence-electron chi connectivity index (χ4n) is 2.25. The lowest BCUT2D eigenvalue weighted by molar-refractivity contribution is -0.124. The number of amides is 2. The lowest BCUT2D eigenvalue weighted by Crippen LogP contribution is -2.35. The summed E-state index contributed by atoms with van der Waals surface area (Å²) in [4.78, 5) is 23.6. The molecule has 2 aromatic rings. The number of nitrogens with zero attached hydrogens (tertiary/aromatic N) is 1. The smallest absolute Gasteiger partial charge is 0.246 e. The summed E-state index contributed by atoms with van der Waals surface area (Å²) >= 11 is 0. The van der Waals surface area contributed by atoms with E-state index in [4.69, 9.17) is 9.15 Å². The molecular weight excluding hydrogens is 398 g/mol. The van der Waals surface area contributed by atoms with Crippen LogP contribution < -0.4 is 15.4 Å². The van der Waals surface area contributed by atoms with Gasteiger partial charge in [0.05, 0.1) is 26.5 Å². The summed E-state index contributed by atoms with van der Waals surface area (Å²) in [5.74, 6) is -0.0565. The minimum Gasteiger partial charge on any atom is -0.495 e. The zero-order valence-electron chi connectivity index (χ0n) is 16.3. The number of rotatable bonds is 9. The predicted molar refractivity (Wildman–Crippen MR) is 106 cm³/mol. The van der Waals surface area contributed by atoms with Crippen molar-refractivity contribution in [1.29, 1.82) is 0 Å². The molecule has 0 fully saturated rings. The Morgan fingerprint density at radius 1 is 1.21 bits per heavy atom. The van der Waals surface area contributed by atoms with Gasteiger partial charge in [0.1, 0.15) is 16.4 Å². The molecule has 2 rings (SSSR count). The standard InChI is InChI=1S/C19H23N3O6S/c1-22(2)29(25,26)17-11-14(6-8-16(17)27-3)7-9-18(23)21-13-19(24)20-12-15-5-4-10-28-15/h4-11H,12-13H2,1-3H3,(H,20,24)(H,21,23)/b9-7+. The highest BCUT2D eigenvalue weighted by Gasteiger charge is 2.22. The molecule has 0 aliphatic heterocycles. The average molecular weight is 421 g/mol. The normalized spacial score (nSPS) is 11.6. The van der Waals surface area contributed by atoms with Crippen LogP contribution >= 0.6 is 0 Å². The van der Waals surface area contributed by atoms with Gasteiger partial charge >= 0.3 is 0 Å². The Bertz CT molecular complexity index is 981. The highest BCUT2D eigenvalue weighted by Crippen LogP contribution is 2.27. The second kappa shape index (κ2) is 9.89. The lowest BCUT2D eigenvalue weighted by atomic mass is 10.2. The number of benzene rings is 1. The lowest BCUT2D eigenvalue weighted by Gasteiger charge is -2.15. The first-order valence-corrected chi connectivity index (χ1v) is 10.0. The molecule has 0 aliphatic rings. The molecule has 0 radical (unpaired) electrons. The van der Waals surface area contributed by atoms with E-state index >= 15 is 0 Å². The highest BCUT2D eigenvalue weighted by molar-refractivity contribution is 7.89. The van der Waals surface area contributed by atoms with Crippen molar-refractivity contribution < 1.29 is 27.2 Å². The molecule has 9 nitrogen and oxygen atoms in total. The van der Waals surface area contributed by atoms with Crippen molar-refractivity contribution in [3.8, 4) is 5.75 Å². The van der Waals surface area contributed by atoms with Crippen molar-refractivity contribution in [2.24, 2.45) is 0 Å². The van der Waals surface area contributed by atoms with E-state index in [1.807, 2.05) is 0 Å². The molecule has 0 atom stereocenters. The molecule has 0 spiro atoms. The van der Waals surface area contributed by atoms with Crippen molar-refractivity contribution >= 4 is 27.9 Å². The number of ether oxygens (including phenoxy) is 1. The fraction of sp³-hybridized carbons (Fsp3) is 0.263. The quantitative estimate of drug-likeness (QED) is 0.583. The highest BCUT2D eigenvalue weighted by atomic mass is 32.2. The Kier molecular flexibility index (Phi) is 7.57. The molecule has 1 aromatic carbocycles. The van der Waals surface area contributed by atoms with Gasteiger partial charge in [0.15, 0.2) is 0 Å². The fourth-order valence-corrected chi connectivity index (χ4v) is 3.34. The van der Waals surface area contributed by atoms with E-state index in [0.29, 0.717) is 11.3 Å². The number of nitrogens with one attached hydrogen (secondary N) is 2. The predicted octanol–water partition coefficient (Wildman–Crippen LogP) is 0.984. The van der Waals surface area contributed by atoms with Gasteiger partial charge in [-0.2, -0.15) is 0 Å². The van der Waals surface area contributed by atoms with E-state index in [-0.39, 0.29) is 29.6 Å². The molecule has 156 valence electrons. The van der Waals surface area contributed by atoms with E-state index in [0.717, 1.165) is 4.31 Å². The number of hydrogen-bond donors (Lipinski definition) is 2. The molecule has 29 heavy (non-hydrogen) atoms. The summed E-state index contributed by atoms with van der Waals surface area (Å²) in [5, 5.41) is 5.05. The summed E-state index contributed by atoms with van der Waals surface area (Å²) < 4.78 is 36.1. The maximum atomic E-state index is 12.4. The molecular formula is C19H23N3O6S. The van der Waals surface area contributed by atoms with Gasteiger partial charge < -0.3 is 19.8 Å². The third kappa shape index (κ3) is 6.19. The monoisotopic (exact) mass is 421 g/mol. The Morgan fingerprint density at radius 2 is 1.97 bits per heavy atom. The molecule has 1 heterocycles. The molecule has 2 amide bonds. The third-order valence-corrected chi connectivity index (χ3v) is 5.67. The summed E-state index contributed by atoms with van der Waals surface area (Å²) in [5.41, 5.74) is 0.489. The van der Waals surface area contributed by atoms with Gasteiger partial charge in [-0.25, -0.2) is 12.7 Å². The molecule has 0 bridgehead atoms. The Labute approximate surface area is 169 Å². The van der Waals surface area contributed by atoms with Crippen LogP contribution in [0.1, 0.15) is 11.3 Å². The van der Waals surface area contributed by atoms with Gasteiger partial charge in [-0.3, -0.25) is 9.59 Å². The van der Waals surface area contributed by atoms with E-state index < -0.39 is 15.9 Å². The largest absolute Gasteiger partial charge is 0.495 e. The van der Waals surface area contributed by atoms with E-state index in [1.165, 1.54) is 51.8 Å². The summed E-state index contributed by atoms with van der Waals surface area (Å²) in [6, 6.07) is 7.97. The minimum atomic E-state index is -3.71. The molecule has 0 aliphatic carbocycles. The summed E-state index contributed by atoms with van der Waals surface area (Å²) in [6.45, 7) is 0.0271. The van der Waals surface area contributed by atoms with E-state index in [1.54, 1.807) is 18.2 Å². The zero-order valence-corrected chi connectivity index (χ0v) is 17.2. The number of hydrogen-bond acceptors (Lipinski definition) is 6. The molecule has 2 N–H and O–H groups in total. The van der Waals surface area contributed by atoms with Gasteiger partial charge in [0.25, 0.3) is 0 Å². The van der Waals surface area contributed by atoms with E-state index in [2.05, 4.69) is 10.6 Å². The van der Waals surface area contributed by atoms with Gasteiger partial charge in [-0.05, 0) is 35.9 Å². The second-order valence-corrected chi connectivity index (χ2v) is 8.23. The number of furan rings is 1. The molecule has 0 saturated carbocycles. The van der Waals surface area contributed by atoms with Gasteiger partial charge in [-0.15, -0.1) is 0 Å². The summed E-state index contributed by atoms with van der Waals surface area (Å²) in [7, 11) is 0.502. The first-order chi connectivity index (χ1) is 13.7. The van der Waals surface area contributed by atoms with Crippen molar-refractivity contribution in [3.63, 3.8) is 0 Å². The summed E-state index contributed by atoms with van der Waals surface area (Å²) in [6.07, 6.45) is 4.17. The van der Waals surface area contributed by atoms with E-state index in [9.17, 15) is 18.0 Å². The van der Waals surface area contributed by atoms with Crippen LogP contribution in [-0.2, 0) is 26.2 Å². The SMILES string of the molecule is COc1ccc(/C=C/C(=O)NCC(=O)NCc2ccco2)cc1S(=O)(=O)N(C)C. The molecule has 1 aromatic heterocycles. The van der Waals surface area contributed by atoms with Gasteiger partial charge in [0.2, 0.25) is 21.8 Å². The van der Waals surface area contributed by atoms with Crippen molar-refractivity contribution in [2.45, 2.75) is 11.4 Å². The second-order valence-electron chi connectivity index (χ2n) is 6.10. The number of carbonyl (C=O) groups excluding carboxylic acids is 2. The van der Waals surface area contributed by atoms with Crippen molar-refractivity contribution in [2.75, 3.05) is 27.7 Å². The van der Waals surface area contributed by atoms with Crippen LogP contribution in [0.3, 0.4) is 0 Å². The number of sulfonamides is 1. The van der Waals surface area contributed by atoms with Crippen LogP contribution in [0.4, 0.5) is 0 Å². The van der Waals surface area contributed by atoms with Gasteiger partial charge in [0, 0.05) is 20.2 Å². The van der Waals surface area contributed by atoms with Crippen molar-refractivity contribution in [1.82, 2.24) is 14.9 Å². The number of carbonyl (C=O) groups is 2. The Hall–Kier alpha value is -3.11. The van der Waals surface area contributed by atoms with Gasteiger partial charge in [-0.1, -0.05) is 6.07 Å². The number of methoxy groups -OCH3 is 1. The average Bonchev–Trinajstić information content (AvgIpc) is 3.22. The minimum absolute atomic E-state index is 0.00939. The molecule has 0 saturated heterocycles. The van der Waals surface area contributed by atoms with Crippen LogP contribution in [0.25, 0.3) is 6.08 Å². The zero-order chi connectivity index (χ0) is 21.4.